The lowest BCUT2D eigenvalue weighted by Crippen LogP contribution is -2.45. The summed E-state index contributed by atoms with van der Waals surface area (Å²) in [4.78, 5) is 13.5. The second-order valence-electron chi connectivity index (χ2n) is 4.06. The van der Waals surface area contributed by atoms with E-state index in [0.717, 1.165) is 13.0 Å². The highest BCUT2D eigenvalue weighted by Crippen LogP contribution is 2.23. The lowest BCUT2D eigenvalue weighted by molar-refractivity contribution is 0.0728. The zero-order valence-electron chi connectivity index (χ0n) is 9.90. The van der Waals surface area contributed by atoms with Crippen LogP contribution in [0.2, 0.25) is 0 Å². The van der Waals surface area contributed by atoms with Gasteiger partial charge in [0.05, 0.1) is 6.61 Å². The minimum Gasteiger partial charge on any atom is -0.450 e. The van der Waals surface area contributed by atoms with Gasteiger partial charge in [0.1, 0.15) is 0 Å². The molecule has 2 atom stereocenters. The summed E-state index contributed by atoms with van der Waals surface area (Å²) < 4.78 is 5.04. The van der Waals surface area contributed by atoms with Crippen molar-refractivity contribution in [2.24, 2.45) is 5.92 Å². The molecular weight excluding hydrogens is 190 g/mol. The van der Waals surface area contributed by atoms with E-state index in [1.54, 1.807) is 0 Å². The van der Waals surface area contributed by atoms with Crippen LogP contribution in [0.1, 0.15) is 33.6 Å². The van der Waals surface area contributed by atoms with Crippen LogP contribution in [-0.2, 0) is 4.74 Å². The second kappa shape index (κ2) is 5.79. The van der Waals surface area contributed by atoms with Gasteiger partial charge in [-0.3, -0.25) is 0 Å². The van der Waals surface area contributed by atoms with Gasteiger partial charge in [-0.25, -0.2) is 4.79 Å². The van der Waals surface area contributed by atoms with Gasteiger partial charge < -0.3 is 9.64 Å². The fourth-order valence-corrected chi connectivity index (χ4v) is 2.03. The molecule has 1 aliphatic heterocycles. The SMILES string of the molecule is C/C=C\C1CCC(C)N(C(=O)OCC)C1. The predicted molar refractivity (Wildman–Crippen MR) is 60.7 cm³/mol. The van der Waals surface area contributed by atoms with E-state index in [0.29, 0.717) is 18.6 Å². The first-order valence-corrected chi connectivity index (χ1v) is 5.75. The van der Waals surface area contributed by atoms with E-state index in [4.69, 9.17) is 4.74 Å². The van der Waals surface area contributed by atoms with Crippen LogP contribution >= 0.6 is 0 Å². The number of carbonyl (C=O) groups excluding carboxylic acids is 1. The molecule has 0 aromatic heterocycles. The normalized spacial score (nSPS) is 27.0. The molecule has 1 saturated heterocycles. The third-order valence-electron chi connectivity index (χ3n) is 2.89. The van der Waals surface area contributed by atoms with E-state index in [9.17, 15) is 4.79 Å². The highest BCUT2D eigenvalue weighted by Gasteiger charge is 2.28. The first kappa shape index (κ1) is 12.1. The number of amides is 1. The largest absolute Gasteiger partial charge is 0.450 e. The van der Waals surface area contributed by atoms with Crippen molar-refractivity contribution in [3.63, 3.8) is 0 Å². The predicted octanol–water partition coefficient (Wildman–Crippen LogP) is 2.82. The average Bonchev–Trinajstić information content (AvgIpc) is 2.21. The molecule has 86 valence electrons. The molecule has 0 aromatic rings. The minimum absolute atomic E-state index is 0.167. The molecule has 1 fully saturated rings. The molecule has 1 aliphatic rings. The number of piperidine rings is 1. The van der Waals surface area contributed by atoms with Crippen molar-refractivity contribution in [2.45, 2.75) is 39.7 Å². The lowest BCUT2D eigenvalue weighted by atomic mass is 9.93. The molecule has 1 rings (SSSR count). The van der Waals surface area contributed by atoms with Crippen LogP contribution in [0.5, 0.6) is 0 Å². The number of ether oxygens (including phenoxy) is 1. The summed E-state index contributed by atoms with van der Waals surface area (Å²) in [6.07, 6.45) is 6.30. The molecule has 0 radical (unpaired) electrons. The fraction of sp³-hybridized carbons (Fsp3) is 0.750. The van der Waals surface area contributed by atoms with E-state index >= 15 is 0 Å². The summed E-state index contributed by atoms with van der Waals surface area (Å²) in [6, 6.07) is 0.311. The molecule has 1 heterocycles. The van der Waals surface area contributed by atoms with Crippen molar-refractivity contribution < 1.29 is 9.53 Å². The maximum Gasteiger partial charge on any atom is 0.410 e. The van der Waals surface area contributed by atoms with Gasteiger partial charge in [-0.05, 0) is 39.5 Å². The molecule has 1 amide bonds. The Balaban J connectivity index is 2.56. The van der Waals surface area contributed by atoms with Gasteiger partial charge in [-0.1, -0.05) is 12.2 Å². The highest BCUT2D eigenvalue weighted by molar-refractivity contribution is 5.68. The summed E-state index contributed by atoms with van der Waals surface area (Å²) in [7, 11) is 0. The fourth-order valence-electron chi connectivity index (χ4n) is 2.03. The van der Waals surface area contributed by atoms with Crippen molar-refractivity contribution in [3.05, 3.63) is 12.2 Å². The number of allylic oxidation sites excluding steroid dienone is 1. The molecule has 0 aliphatic carbocycles. The number of hydrogen-bond acceptors (Lipinski definition) is 2. The third-order valence-corrected chi connectivity index (χ3v) is 2.89. The third kappa shape index (κ3) is 3.26. The minimum atomic E-state index is -0.167. The highest BCUT2D eigenvalue weighted by atomic mass is 16.6. The Morgan fingerprint density at radius 1 is 1.53 bits per heavy atom. The molecule has 3 nitrogen and oxygen atoms in total. The molecule has 0 saturated carbocycles. The Kier molecular flexibility index (Phi) is 4.66. The molecule has 0 bridgehead atoms. The van der Waals surface area contributed by atoms with E-state index in [-0.39, 0.29) is 6.09 Å². The van der Waals surface area contributed by atoms with Gasteiger partial charge in [0.25, 0.3) is 0 Å². The number of nitrogens with zero attached hydrogens (tertiary/aromatic N) is 1. The average molecular weight is 211 g/mol. The van der Waals surface area contributed by atoms with E-state index < -0.39 is 0 Å². The van der Waals surface area contributed by atoms with Crippen LogP contribution < -0.4 is 0 Å². The number of rotatable bonds is 2. The van der Waals surface area contributed by atoms with E-state index in [1.165, 1.54) is 6.42 Å². The van der Waals surface area contributed by atoms with E-state index in [2.05, 4.69) is 19.1 Å². The Hall–Kier alpha value is -0.990. The van der Waals surface area contributed by atoms with Gasteiger partial charge in [-0.15, -0.1) is 0 Å². The monoisotopic (exact) mass is 211 g/mol. The van der Waals surface area contributed by atoms with Crippen molar-refractivity contribution in [2.75, 3.05) is 13.2 Å². The van der Waals surface area contributed by atoms with Gasteiger partial charge in [0.15, 0.2) is 0 Å². The van der Waals surface area contributed by atoms with Crippen LogP contribution in [-0.4, -0.2) is 30.2 Å². The number of likely N-dealkylation sites (tertiary alicyclic amines) is 1. The Labute approximate surface area is 92.1 Å². The topological polar surface area (TPSA) is 29.5 Å². The first-order valence-electron chi connectivity index (χ1n) is 5.75. The van der Waals surface area contributed by atoms with Crippen molar-refractivity contribution in [3.8, 4) is 0 Å². The molecule has 15 heavy (non-hydrogen) atoms. The quantitative estimate of drug-likeness (QED) is 0.657. The summed E-state index contributed by atoms with van der Waals surface area (Å²) in [5, 5.41) is 0. The maximum atomic E-state index is 11.6. The smallest absolute Gasteiger partial charge is 0.410 e. The number of hydrogen-bond donors (Lipinski definition) is 0. The molecule has 0 N–H and O–H groups in total. The Morgan fingerprint density at radius 2 is 2.27 bits per heavy atom. The first-order chi connectivity index (χ1) is 7.19. The molecule has 2 unspecified atom stereocenters. The van der Waals surface area contributed by atoms with Crippen LogP contribution in [0, 0.1) is 5.92 Å². The van der Waals surface area contributed by atoms with Crippen LogP contribution in [0.4, 0.5) is 4.79 Å². The van der Waals surface area contributed by atoms with E-state index in [1.807, 2.05) is 18.7 Å². The molecule has 0 spiro atoms. The van der Waals surface area contributed by atoms with Gasteiger partial charge in [0.2, 0.25) is 0 Å². The summed E-state index contributed by atoms with van der Waals surface area (Å²) in [5.41, 5.74) is 0. The summed E-state index contributed by atoms with van der Waals surface area (Å²) in [5.74, 6) is 0.496. The standard InChI is InChI=1S/C12H21NO2/c1-4-6-11-8-7-10(3)13(9-11)12(14)15-5-2/h4,6,10-11H,5,7-9H2,1-3H3/b6-4-. The van der Waals surface area contributed by atoms with Crippen molar-refractivity contribution in [1.82, 2.24) is 4.90 Å². The molecule has 3 heteroatoms. The van der Waals surface area contributed by atoms with Crippen LogP contribution in [0.25, 0.3) is 0 Å². The zero-order valence-corrected chi connectivity index (χ0v) is 9.90. The Morgan fingerprint density at radius 3 is 2.87 bits per heavy atom. The summed E-state index contributed by atoms with van der Waals surface area (Å²) in [6.45, 7) is 7.20. The van der Waals surface area contributed by atoms with Gasteiger partial charge in [0, 0.05) is 12.6 Å². The second-order valence-corrected chi connectivity index (χ2v) is 4.06. The van der Waals surface area contributed by atoms with Crippen LogP contribution in [0.15, 0.2) is 12.2 Å². The zero-order chi connectivity index (χ0) is 11.3. The maximum absolute atomic E-state index is 11.6. The van der Waals surface area contributed by atoms with Crippen LogP contribution in [0.3, 0.4) is 0 Å². The van der Waals surface area contributed by atoms with Gasteiger partial charge >= 0.3 is 6.09 Å². The number of carbonyl (C=O) groups is 1. The Bertz CT molecular complexity index is 238. The van der Waals surface area contributed by atoms with Gasteiger partial charge in [-0.2, -0.15) is 0 Å². The molecular formula is C12H21NO2. The van der Waals surface area contributed by atoms with Crippen molar-refractivity contribution >= 4 is 6.09 Å². The van der Waals surface area contributed by atoms with Crippen molar-refractivity contribution in [1.29, 1.82) is 0 Å². The lowest BCUT2D eigenvalue weighted by Gasteiger charge is -2.36. The summed E-state index contributed by atoms with van der Waals surface area (Å²) >= 11 is 0. The molecule has 0 aromatic carbocycles.